The maximum Gasteiger partial charge on any atom is 0.265 e. The monoisotopic (exact) mass is 346 g/mol. The second-order valence-corrected chi connectivity index (χ2v) is 5.29. The number of nitrogens with one attached hydrogen (secondary N) is 1. The van der Waals surface area contributed by atoms with E-state index < -0.39 is 0 Å². The zero-order valence-electron chi connectivity index (χ0n) is 9.43. The standard InChI is InChI=1S/C12H9BrCl2N2O/c1-2-9-10(13)12(18)17-11(16-9)7-5-6(14)3-4-8(7)15/h3-5H,2H2,1H3,(H,16,17,18). The molecule has 2 aromatic rings. The number of aromatic amines is 1. The first-order valence-electron chi connectivity index (χ1n) is 5.27. The van der Waals surface area contributed by atoms with E-state index in [2.05, 4.69) is 25.9 Å². The fraction of sp³-hybridized carbons (Fsp3) is 0.167. The van der Waals surface area contributed by atoms with Crippen LogP contribution in [0.5, 0.6) is 0 Å². The van der Waals surface area contributed by atoms with Crippen LogP contribution in [-0.4, -0.2) is 9.97 Å². The van der Waals surface area contributed by atoms with Gasteiger partial charge < -0.3 is 4.98 Å². The number of halogens is 3. The molecule has 3 nitrogen and oxygen atoms in total. The Labute approximate surface area is 122 Å². The molecule has 0 saturated heterocycles. The SMILES string of the molecule is CCc1nc(-c2cc(Cl)ccc2Cl)[nH]c(=O)c1Br. The lowest BCUT2D eigenvalue weighted by Gasteiger charge is -2.07. The smallest absolute Gasteiger partial charge is 0.265 e. The maximum absolute atomic E-state index is 11.8. The highest BCUT2D eigenvalue weighted by Gasteiger charge is 2.11. The van der Waals surface area contributed by atoms with Crippen molar-refractivity contribution in [2.45, 2.75) is 13.3 Å². The van der Waals surface area contributed by atoms with E-state index in [-0.39, 0.29) is 5.56 Å². The van der Waals surface area contributed by atoms with Gasteiger partial charge in [-0.3, -0.25) is 4.79 Å². The highest BCUT2D eigenvalue weighted by Crippen LogP contribution is 2.28. The van der Waals surface area contributed by atoms with Gasteiger partial charge in [0, 0.05) is 10.6 Å². The Bertz CT molecular complexity index is 655. The first-order valence-corrected chi connectivity index (χ1v) is 6.82. The fourth-order valence-corrected chi connectivity index (χ4v) is 2.39. The van der Waals surface area contributed by atoms with Crippen LogP contribution in [0.2, 0.25) is 10.0 Å². The van der Waals surface area contributed by atoms with Gasteiger partial charge in [-0.15, -0.1) is 0 Å². The van der Waals surface area contributed by atoms with Crippen LogP contribution in [0.1, 0.15) is 12.6 Å². The zero-order chi connectivity index (χ0) is 13.3. The number of aryl methyl sites for hydroxylation is 1. The number of aromatic nitrogens is 2. The van der Waals surface area contributed by atoms with E-state index in [1.54, 1.807) is 18.2 Å². The lowest BCUT2D eigenvalue weighted by molar-refractivity contribution is 0.970. The van der Waals surface area contributed by atoms with Crippen molar-refractivity contribution >= 4 is 39.1 Å². The summed E-state index contributed by atoms with van der Waals surface area (Å²) in [7, 11) is 0. The number of rotatable bonds is 2. The van der Waals surface area contributed by atoms with E-state index in [0.717, 1.165) is 0 Å². The number of hydrogen-bond acceptors (Lipinski definition) is 2. The van der Waals surface area contributed by atoms with E-state index >= 15 is 0 Å². The van der Waals surface area contributed by atoms with E-state index in [4.69, 9.17) is 23.2 Å². The molecule has 0 aliphatic heterocycles. The molecule has 1 aromatic carbocycles. The molecule has 0 saturated carbocycles. The van der Waals surface area contributed by atoms with Gasteiger partial charge in [0.1, 0.15) is 10.3 Å². The third kappa shape index (κ3) is 2.60. The summed E-state index contributed by atoms with van der Waals surface area (Å²) in [5.74, 6) is 0.424. The lowest BCUT2D eigenvalue weighted by atomic mass is 10.2. The summed E-state index contributed by atoms with van der Waals surface area (Å²) in [5.41, 5.74) is 1.07. The molecule has 2 rings (SSSR count). The van der Waals surface area contributed by atoms with Crippen LogP contribution in [0.25, 0.3) is 11.4 Å². The van der Waals surface area contributed by atoms with Crippen molar-refractivity contribution in [1.29, 1.82) is 0 Å². The summed E-state index contributed by atoms with van der Waals surface area (Å²) in [5, 5.41) is 1.03. The molecular weight excluding hydrogens is 339 g/mol. The first-order chi connectivity index (χ1) is 8.52. The molecule has 0 aliphatic carbocycles. The van der Waals surface area contributed by atoms with Gasteiger partial charge in [-0.25, -0.2) is 4.98 Å². The van der Waals surface area contributed by atoms with E-state index in [1.165, 1.54) is 0 Å². The fourth-order valence-electron chi connectivity index (χ4n) is 1.55. The van der Waals surface area contributed by atoms with Crippen LogP contribution in [0.4, 0.5) is 0 Å². The average Bonchev–Trinajstić information content (AvgIpc) is 2.35. The number of H-pyrrole nitrogens is 1. The summed E-state index contributed by atoms with van der Waals surface area (Å²) < 4.78 is 0.451. The summed E-state index contributed by atoms with van der Waals surface area (Å²) in [6.45, 7) is 1.93. The van der Waals surface area contributed by atoms with Gasteiger partial charge in [0.25, 0.3) is 5.56 Å². The molecule has 0 atom stereocenters. The van der Waals surface area contributed by atoms with E-state index in [1.807, 2.05) is 6.92 Å². The molecule has 1 heterocycles. The number of nitrogens with zero attached hydrogens (tertiary/aromatic N) is 1. The predicted molar refractivity (Wildman–Crippen MR) is 77.4 cm³/mol. The second kappa shape index (κ2) is 5.43. The topological polar surface area (TPSA) is 45.8 Å². The molecule has 0 spiro atoms. The molecule has 0 fully saturated rings. The van der Waals surface area contributed by atoms with E-state index in [0.29, 0.717) is 38.0 Å². The molecule has 0 aliphatic rings. The Balaban J connectivity index is 2.68. The quantitative estimate of drug-likeness (QED) is 0.890. The number of hydrogen-bond donors (Lipinski definition) is 1. The van der Waals surface area contributed by atoms with Crippen molar-refractivity contribution in [2.75, 3.05) is 0 Å². The molecule has 1 N–H and O–H groups in total. The van der Waals surface area contributed by atoms with Crippen molar-refractivity contribution < 1.29 is 0 Å². The minimum Gasteiger partial charge on any atom is -0.305 e. The third-order valence-corrected chi connectivity index (χ3v) is 3.83. The van der Waals surface area contributed by atoms with Gasteiger partial charge in [-0.05, 0) is 40.5 Å². The van der Waals surface area contributed by atoms with Gasteiger partial charge in [0.15, 0.2) is 0 Å². The van der Waals surface area contributed by atoms with Crippen LogP contribution >= 0.6 is 39.1 Å². The van der Waals surface area contributed by atoms with Crippen LogP contribution in [0.3, 0.4) is 0 Å². The van der Waals surface area contributed by atoms with Crippen molar-refractivity contribution in [2.24, 2.45) is 0 Å². The normalized spacial score (nSPS) is 10.7. The Kier molecular flexibility index (Phi) is 4.10. The summed E-state index contributed by atoms with van der Waals surface area (Å²) in [6, 6.07) is 5.04. The van der Waals surface area contributed by atoms with Crippen molar-refractivity contribution in [3.05, 3.63) is 48.8 Å². The van der Waals surface area contributed by atoms with Crippen LogP contribution < -0.4 is 5.56 Å². The Morgan fingerprint density at radius 2 is 2.11 bits per heavy atom. The third-order valence-electron chi connectivity index (χ3n) is 2.45. The van der Waals surface area contributed by atoms with E-state index in [9.17, 15) is 4.79 Å². The summed E-state index contributed by atoms with van der Waals surface area (Å²) in [4.78, 5) is 18.8. The largest absolute Gasteiger partial charge is 0.305 e. The van der Waals surface area contributed by atoms with Crippen molar-refractivity contribution in [3.63, 3.8) is 0 Å². The minimum absolute atomic E-state index is 0.229. The van der Waals surface area contributed by atoms with Crippen LogP contribution in [0, 0.1) is 0 Å². The Morgan fingerprint density at radius 1 is 1.39 bits per heavy atom. The van der Waals surface area contributed by atoms with Gasteiger partial charge >= 0.3 is 0 Å². The van der Waals surface area contributed by atoms with Gasteiger partial charge in [-0.1, -0.05) is 30.1 Å². The first kappa shape index (κ1) is 13.6. The molecule has 0 radical (unpaired) electrons. The average molecular weight is 348 g/mol. The lowest BCUT2D eigenvalue weighted by Crippen LogP contribution is -2.13. The van der Waals surface area contributed by atoms with Crippen LogP contribution in [-0.2, 0) is 6.42 Å². The van der Waals surface area contributed by atoms with Gasteiger partial charge in [0.05, 0.1) is 10.7 Å². The minimum atomic E-state index is -0.229. The molecule has 6 heteroatoms. The predicted octanol–water partition coefficient (Wildman–Crippen LogP) is 4.07. The maximum atomic E-state index is 11.8. The molecule has 94 valence electrons. The Morgan fingerprint density at radius 3 is 2.78 bits per heavy atom. The van der Waals surface area contributed by atoms with Gasteiger partial charge in [-0.2, -0.15) is 0 Å². The van der Waals surface area contributed by atoms with Crippen molar-refractivity contribution in [1.82, 2.24) is 9.97 Å². The Hall–Kier alpha value is -0.840. The highest BCUT2D eigenvalue weighted by atomic mass is 79.9. The molecule has 1 aromatic heterocycles. The molecular formula is C12H9BrCl2N2O. The van der Waals surface area contributed by atoms with Gasteiger partial charge in [0.2, 0.25) is 0 Å². The van der Waals surface area contributed by atoms with Crippen molar-refractivity contribution in [3.8, 4) is 11.4 Å². The number of benzene rings is 1. The second-order valence-electron chi connectivity index (χ2n) is 3.65. The molecule has 0 bridgehead atoms. The highest BCUT2D eigenvalue weighted by molar-refractivity contribution is 9.10. The zero-order valence-corrected chi connectivity index (χ0v) is 12.5. The molecule has 0 unspecified atom stereocenters. The summed E-state index contributed by atoms with van der Waals surface area (Å²) >= 11 is 15.2. The molecule has 18 heavy (non-hydrogen) atoms. The molecule has 0 amide bonds. The van der Waals surface area contributed by atoms with Crippen LogP contribution in [0.15, 0.2) is 27.5 Å². The summed E-state index contributed by atoms with van der Waals surface area (Å²) in [6.07, 6.45) is 0.649.